The number of pyridine rings is 1. The van der Waals surface area contributed by atoms with Crippen LogP contribution in [0.4, 0.5) is 0 Å². The summed E-state index contributed by atoms with van der Waals surface area (Å²) < 4.78 is 4.43. The molecule has 2 N–H and O–H groups in total. The predicted molar refractivity (Wildman–Crippen MR) is 68.8 cm³/mol. The number of carbonyl (C=O) groups is 3. The van der Waals surface area contributed by atoms with E-state index in [9.17, 15) is 14.4 Å². The third-order valence-electron chi connectivity index (χ3n) is 2.59. The summed E-state index contributed by atoms with van der Waals surface area (Å²) in [5, 5.41) is 11.4. The van der Waals surface area contributed by atoms with Crippen molar-refractivity contribution in [3.63, 3.8) is 0 Å². The van der Waals surface area contributed by atoms with Gasteiger partial charge in [-0.05, 0) is 18.1 Å². The van der Waals surface area contributed by atoms with Gasteiger partial charge in [-0.3, -0.25) is 14.6 Å². The van der Waals surface area contributed by atoms with Gasteiger partial charge in [0.05, 0.1) is 13.5 Å². The zero-order chi connectivity index (χ0) is 15.0. The third kappa shape index (κ3) is 5.47. The van der Waals surface area contributed by atoms with Crippen LogP contribution >= 0.6 is 0 Å². The van der Waals surface area contributed by atoms with Crippen molar-refractivity contribution in [1.29, 1.82) is 0 Å². The molecule has 108 valence electrons. The molecule has 0 spiro atoms. The Balaban J connectivity index is 2.50. The number of aromatic nitrogens is 1. The number of esters is 1. The fraction of sp³-hybridized carbons (Fsp3) is 0.385. The van der Waals surface area contributed by atoms with Crippen molar-refractivity contribution in [2.24, 2.45) is 0 Å². The highest BCUT2D eigenvalue weighted by atomic mass is 16.5. The molecular formula is C13H16N2O5. The minimum Gasteiger partial charge on any atom is -0.480 e. The van der Waals surface area contributed by atoms with Crippen molar-refractivity contribution in [1.82, 2.24) is 10.3 Å². The van der Waals surface area contributed by atoms with E-state index in [1.807, 2.05) is 0 Å². The molecule has 1 atom stereocenters. The van der Waals surface area contributed by atoms with Crippen molar-refractivity contribution < 1.29 is 24.2 Å². The molecule has 0 bridgehead atoms. The summed E-state index contributed by atoms with van der Waals surface area (Å²) in [5.74, 6) is -2.14. The summed E-state index contributed by atoms with van der Waals surface area (Å²) in [4.78, 5) is 37.6. The number of methoxy groups -OCH3 is 1. The first-order valence-corrected chi connectivity index (χ1v) is 6.01. The lowest BCUT2D eigenvalue weighted by molar-refractivity contribution is -0.144. The second-order valence-corrected chi connectivity index (χ2v) is 4.11. The Morgan fingerprint density at radius 3 is 2.75 bits per heavy atom. The van der Waals surface area contributed by atoms with Gasteiger partial charge < -0.3 is 15.2 Å². The monoisotopic (exact) mass is 280 g/mol. The number of carboxylic acid groups (broad SMARTS) is 1. The SMILES string of the molecule is COC(=O)CCC(NC(=O)Cc1cccnc1)C(=O)O. The number of nitrogens with zero attached hydrogens (tertiary/aromatic N) is 1. The molecule has 0 aliphatic rings. The van der Waals surface area contributed by atoms with Crippen molar-refractivity contribution in [2.75, 3.05) is 7.11 Å². The number of rotatable bonds is 7. The summed E-state index contributed by atoms with van der Waals surface area (Å²) in [6.07, 6.45) is 3.07. The van der Waals surface area contributed by atoms with Crippen LogP contribution in [0, 0.1) is 0 Å². The fourth-order valence-corrected chi connectivity index (χ4v) is 1.56. The number of aliphatic carboxylic acids is 1. The Labute approximate surface area is 116 Å². The maximum absolute atomic E-state index is 11.7. The van der Waals surface area contributed by atoms with Crippen LogP contribution < -0.4 is 5.32 Å². The van der Waals surface area contributed by atoms with Crippen LogP contribution in [0.5, 0.6) is 0 Å². The van der Waals surface area contributed by atoms with Gasteiger partial charge in [-0.1, -0.05) is 6.07 Å². The van der Waals surface area contributed by atoms with Gasteiger partial charge in [0.15, 0.2) is 0 Å². The molecule has 1 unspecified atom stereocenters. The maximum atomic E-state index is 11.7. The molecule has 1 heterocycles. The Hall–Kier alpha value is -2.44. The summed E-state index contributed by atoms with van der Waals surface area (Å²) in [5.41, 5.74) is 0.683. The molecular weight excluding hydrogens is 264 g/mol. The molecule has 0 aromatic carbocycles. The molecule has 0 saturated heterocycles. The number of hydrogen-bond acceptors (Lipinski definition) is 5. The average molecular weight is 280 g/mol. The predicted octanol–water partition coefficient (Wildman–Crippen LogP) is 0.147. The van der Waals surface area contributed by atoms with E-state index < -0.39 is 23.9 Å². The first-order chi connectivity index (χ1) is 9.52. The zero-order valence-corrected chi connectivity index (χ0v) is 11.0. The first-order valence-electron chi connectivity index (χ1n) is 6.01. The number of carboxylic acids is 1. The lowest BCUT2D eigenvalue weighted by atomic mass is 10.1. The van der Waals surface area contributed by atoms with Crippen molar-refractivity contribution in [2.45, 2.75) is 25.3 Å². The van der Waals surface area contributed by atoms with E-state index in [4.69, 9.17) is 5.11 Å². The minimum absolute atomic E-state index is 0.0131. The molecule has 0 radical (unpaired) electrons. The van der Waals surface area contributed by atoms with Crippen molar-refractivity contribution >= 4 is 17.8 Å². The normalized spacial score (nSPS) is 11.4. The first kappa shape index (κ1) is 15.6. The molecule has 1 aromatic heterocycles. The van der Waals surface area contributed by atoms with Gasteiger partial charge in [0.1, 0.15) is 6.04 Å². The fourth-order valence-electron chi connectivity index (χ4n) is 1.56. The molecule has 20 heavy (non-hydrogen) atoms. The van der Waals surface area contributed by atoms with E-state index in [2.05, 4.69) is 15.0 Å². The van der Waals surface area contributed by atoms with Crippen LogP contribution in [-0.4, -0.2) is 41.1 Å². The molecule has 0 saturated carbocycles. The van der Waals surface area contributed by atoms with Gasteiger partial charge in [-0.2, -0.15) is 0 Å². The highest BCUT2D eigenvalue weighted by Crippen LogP contribution is 2.02. The van der Waals surface area contributed by atoms with Crippen LogP contribution in [0.3, 0.4) is 0 Å². The van der Waals surface area contributed by atoms with Crippen LogP contribution in [0.15, 0.2) is 24.5 Å². The molecule has 0 aliphatic heterocycles. The molecule has 1 rings (SSSR count). The molecule has 0 fully saturated rings. The largest absolute Gasteiger partial charge is 0.480 e. The smallest absolute Gasteiger partial charge is 0.326 e. The molecule has 7 nitrogen and oxygen atoms in total. The summed E-state index contributed by atoms with van der Waals surface area (Å²) in [6.45, 7) is 0. The molecule has 1 aromatic rings. The Kier molecular flexibility index (Phi) is 6.15. The highest BCUT2D eigenvalue weighted by molar-refractivity contribution is 5.85. The lowest BCUT2D eigenvalue weighted by Gasteiger charge is -2.13. The van der Waals surface area contributed by atoms with E-state index in [1.54, 1.807) is 18.3 Å². The van der Waals surface area contributed by atoms with Gasteiger partial charge in [-0.25, -0.2) is 4.79 Å². The zero-order valence-electron chi connectivity index (χ0n) is 11.0. The second kappa shape index (κ2) is 7.88. The summed E-state index contributed by atoms with van der Waals surface area (Å²) in [6, 6.07) is 2.30. The van der Waals surface area contributed by atoms with E-state index in [0.29, 0.717) is 5.56 Å². The molecule has 1 amide bonds. The third-order valence-corrected chi connectivity index (χ3v) is 2.59. The van der Waals surface area contributed by atoms with E-state index in [0.717, 1.165) is 0 Å². The van der Waals surface area contributed by atoms with Gasteiger partial charge in [0, 0.05) is 18.8 Å². The number of amides is 1. The number of hydrogen-bond donors (Lipinski definition) is 2. The Bertz CT molecular complexity index is 475. The van der Waals surface area contributed by atoms with E-state index in [1.165, 1.54) is 13.3 Å². The maximum Gasteiger partial charge on any atom is 0.326 e. The van der Waals surface area contributed by atoms with Crippen LogP contribution in [0.25, 0.3) is 0 Å². The number of ether oxygens (including phenoxy) is 1. The Morgan fingerprint density at radius 2 is 2.20 bits per heavy atom. The van der Waals surface area contributed by atoms with Gasteiger partial charge >= 0.3 is 11.9 Å². The van der Waals surface area contributed by atoms with Crippen LogP contribution in [0.1, 0.15) is 18.4 Å². The summed E-state index contributed by atoms with van der Waals surface area (Å²) >= 11 is 0. The molecule has 0 aliphatic carbocycles. The van der Waals surface area contributed by atoms with Gasteiger partial charge in [0.25, 0.3) is 0 Å². The lowest BCUT2D eigenvalue weighted by Crippen LogP contribution is -2.41. The van der Waals surface area contributed by atoms with Crippen molar-refractivity contribution in [3.05, 3.63) is 30.1 Å². The number of nitrogens with one attached hydrogen (secondary N) is 1. The van der Waals surface area contributed by atoms with Crippen LogP contribution in [0.2, 0.25) is 0 Å². The average Bonchev–Trinajstić information content (AvgIpc) is 2.43. The highest BCUT2D eigenvalue weighted by Gasteiger charge is 2.21. The van der Waals surface area contributed by atoms with Crippen LogP contribution in [-0.2, 0) is 25.5 Å². The second-order valence-electron chi connectivity index (χ2n) is 4.11. The quantitative estimate of drug-likeness (QED) is 0.688. The number of carbonyl (C=O) groups excluding carboxylic acids is 2. The standard InChI is InChI=1S/C13H16N2O5/c1-20-12(17)5-4-10(13(18)19)15-11(16)7-9-3-2-6-14-8-9/h2-3,6,8,10H,4-5,7H2,1H3,(H,15,16)(H,18,19). The van der Waals surface area contributed by atoms with E-state index >= 15 is 0 Å². The topological polar surface area (TPSA) is 106 Å². The summed E-state index contributed by atoms with van der Waals surface area (Å²) in [7, 11) is 1.22. The minimum atomic E-state index is -1.19. The molecule has 7 heteroatoms. The Morgan fingerprint density at radius 1 is 1.45 bits per heavy atom. The van der Waals surface area contributed by atoms with Gasteiger partial charge in [-0.15, -0.1) is 0 Å². The van der Waals surface area contributed by atoms with E-state index in [-0.39, 0.29) is 19.3 Å². The van der Waals surface area contributed by atoms with Crippen molar-refractivity contribution in [3.8, 4) is 0 Å². The van der Waals surface area contributed by atoms with Gasteiger partial charge in [0.2, 0.25) is 5.91 Å².